The van der Waals surface area contributed by atoms with Crippen LogP contribution in [0.5, 0.6) is 0 Å². The van der Waals surface area contributed by atoms with Crippen LogP contribution in [0, 0.1) is 0 Å². The largest absolute Gasteiger partial charge is 0.390 e. The number of para-hydroxylation sites is 2. The Morgan fingerprint density at radius 3 is 1.02 bits per heavy atom. The molecule has 56 heavy (non-hydrogen) atoms. The molecule has 1 saturated heterocycles. The highest BCUT2D eigenvalue weighted by Crippen LogP contribution is 2.42. The Balaban J connectivity index is 0.901. The van der Waals surface area contributed by atoms with Gasteiger partial charge in [-0.3, -0.25) is 9.80 Å². The number of fused-ring (bicyclic) bond motifs is 2. The van der Waals surface area contributed by atoms with Crippen LogP contribution in [0.25, 0.3) is 66.6 Å². The first kappa shape index (κ1) is 35.9. The third-order valence-corrected chi connectivity index (χ3v) is 11.4. The van der Waals surface area contributed by atoms with Crippen LogP contribution in [0.15, 0.2) is 170 Å². The van der Waals surface area contributed by atoms with E-state index in [4.69, 9.17) is 0 Å². The van der Waals surface area contributed by atoms with Crippen molar-refractivity contribution in [3.05, 3.63) is 170 Å². The maximum Gasteiger partial charge on any atom is 0.0845 e. The highest BCUT2D eigenvalue weighted by Gasteiger charge is 2.26. The van der Waals surface area contributed by atoms with Crippen LogP contribution in [0.1, 0.15) is 0 Å². The van der Waals surface area contributed by atoms with Gasteiger partial charge in [0, 0.05) is 72.2 Å². The number of nitrogens with zero attached hydrogens (tertiary/aromatic N) is 4. The standard InChI is InChI=1S/C50H48N4O2/c55-41(35-53-45-27-15-13-25-43(45)47(37-17-5-1-6-18-37)49(53)39-21-9-3-10-22-39)33-51-29-31-52(32-30-51)34-42(56)36-54-46-28-16-14-26-44(46)48(38-19-7-2-8-20-38)50(54)40-23-11-4-12-24-40/h1-28,41-42,55-56H,29-36H2/t41-,42+. The Kier molecular flexibility index (Phi) is 10.4. The molecule has 3 heterocycles. The first-order chi connectivity index (χ1) is 27.6. The maximum absolute atomic E-state index is 11.7. The average Bonchev–Trinajstić information content (AvgIpc) is 3.75. The van der Waals surface area contributed by atoms with E-state index in [2.05, 4.69) is 189 Å². The molecule has 1 fully saturated rings. The molecule has 2 N–H and O–H groups in total. The molecule has 0 spiro atoms. The Morgan fingerprint density at radius 1 is 0.357 bits per heavy atom. The summed E-state index contributed by atoms with van der Waals surface area (Å²) >= 11 is 0. The van der Waals surface area contributed by atoms with Crippen LogP contribution in [0.3, 0.4) is 0 Å². The van der Waals surface area contributed by atoms with Gasteiger partial charge in [-0.15, -0.1) is 0 Å². The second-order valence-electron chi connectivity index (χ2n) is 15.1. The molecule has 280 valence electrons. The predicted molar refractivity (Wildman–Crippen MR) is 231 cm³/mol. The summed E-state index contributed by atoms with van der Waals surface area (Å²) in [7, 11) is 0. The van der Waals surface area contributed by atoms with Gasteiger partial charge in [0.15, 0.2) is 0 Å². The molecule has 8 aromatic rings. The molecule has 0 saturated carbocycles. The normalized spacial score (nSPS) is 15.0. The number of piperazine rings is 1. The molecule has 0 unspecified atom stereocenters. The lowest BCUT2D eigenvalue weighted by atomic mass is 9.98. The van der Waals surface area contributed by atoms with Crippen molar-refractivity contribution in [2.24, 2.45) is 0 Å². The molecule has 1 aliphatic heterocycles. The average molecular weight is 737 g/mol. The zero-order valence-electron chi connectivity index (χ0n) is 31.7. The lowest BCUT2D eigenvalue weighted by Crippen LogP contribution is -2.50. The fourth-order valence-electron chi connectivity index (χ4n) is 8.86. The third kappa shape index (κ3) is 7.20. The van der Waals surface area contributed by atoms with Gasteiger partial charge in [-0.25, -0.2) is 0 Å². The first-order valence-electron chi connectivity index (χ1n) is 19.9. The molecule has 0 amide bonds. The summed E-state index contributed by atoms with van der Waals surface area (Å²) in [6, 6.07) is 59.4. The number of aromatic nitrogens is 2. The SMILES string of the molecule is O[C@H](CN1CCN(C[C@H](O)Cn2c(-c3ccccc3)c(-c3ccccc3)c3ccccc32)CC1)Cn1c(-c2ccccc2)c(-c2ccccc2)c2ccccc21. The van der Waals surface area contributed by atoms with Crippen LogP contribution >= 0.6 is 0 Å². The van der Waals surface area contributed by atoms with E-state index in [1.54, 1.807) is 0 Å². The van der Waals surface area contributed by atoms with Gasteiger partial charge in [0.2, 0.25) is 0 Å². The van der Waals surface area contributed by atoms with E-state index in [9.17, 15) is 10.2 Å². The van der Waals surface area contributed by atoms with E-state index in [1.807, 2.05) is 0 Å². The molecule has 0 aliphatic carbocycles. The van der Waals surface area contributed by atoms with Crippen molar-refractivity contribution < 1.29 is 10.2 Å². The molecule has 6 aromatic carbocycles. The minimum Gasteiger partial charge on any atom is -0.390 e. The molecule has 6 nitrogen and oxygen atoms in total. The van der Waals surface area contributed by atoms with E-state index in [-0.39, 0.29) is 0 Å². The van der Waals surface area contributed by atoms with Crippen molar-refractivity contribution in [3.63, 3.8) is 0 Å². The minimum atomic E-state index is -0.550. The fourth-order valence-corrected chi connectivity index (χ4v) is 8.86. The fraction of sp³-hybridized carbons (Fsp3) is 0.200. The lowest BCUT2D eigenvalue weighted by molar-refractivity contribution is 0.0412. The zero-order chi connectivity index (χ0) is 37.8. The Hall–Kier alpha value is -5.76. The number of β-amino-alcohol motifs (C(OH)–C–C–N with tert-alkyl or cyclic N) is 2. The summed E-state index contributed by atoms with van der Waals surface area (Å²) in [5.41, 5.74) is 11.6. The highest BCUT2D eigenvalue weighted by atomic mass is 16.3. The Morgan fingerprint density at radius 2 is 0.661 bits per heavy atom. The van der Waals surface area contributed by atoms with E-state index in [1.165, 1.54) is 33.0 Å². The molecule has 0 bridgehead atoms. The van der Waals surface area contributed by atoms with Gasteiger partial charge in [-0.2, -0.15) is 0 Å². The third-order valence-electron chi connectivity index (χ3n) is 11.4. The van der Waals surface area contributed by atoms with E-state index in [0.717, 1.165) is 59.7 Å². The summed E-state index contributed by atoms with van der Waals surface area (Å²) in [6.07, 6.45) is -1.10. The summed E-state index contributed by atoms with van der Waals surface area (Å²) < 4.78 is 4.64. The zero-order valence-corrected chi connectivity index (χ0v) is 31.7. The van der Waals surface area contributed by atoms with E-state index < -0.39 is 12.2 Å². The molecule has 1 aliphatic rings. The summed E-state index contributed by atoms with van der Waals surface area (Å²) in [6.45, 7) is 5.55. The summed E-state index contributed by atoms with van der Waals surface area (Å²) in [5, 5.41) is 25.8. The molecular weight excluding hydrogens is 689 g/mol. The first-order valence-corrected chi connectivity index (χ1v) is 19.9. The van der Waals surface area contributed by atoms with Crippen LogP contribution < -0.4 is 0 Å². The Bertz CT molecular complexity index is 2340. The maximum atomic E-state index is 11.7. The van der Waals surface area contributed by atoms with E-state index in [0.29, 0.717) is 26.2 Å². The number of rotatable bonds is 12. The summed E-state index contributed by atoms with van der Waals surface area (Å²) in [4.78, 5) is 4.75. The molecule has 0 radical (unpaired) electrons. The molecule has 2 aromatic heterocycles. The van der Waals surface area contributed by atoms with Crippen molar-refractivity contribution in [1.29, 1.82) is 0 Å². The minimum absolute atomic E-state index is 0.496. The van der Waals surface area contributed by atoms with Crippen LogP contribution in [0.2, 0.25) is 0 Å². The van der Waals surface area contributed by atoms with Gasteiger partial charge in [0.05, 0.1) is 36.7 Å². The Labute approximate surface area is 329 Å². The van der Waals surface area contributed by atoms with Gasteiger partial charge in [-0.1, -0.05) is 158 Å². The summed E-state index contributed by atoms with van der Waals surface area (Å²) in [5.74, 6) is 0. The van der Waals surface area contributed by atoms with Gasteiger partial charge in [0.25, 0.3) is 0 Å². The number of aliphatic hydroxyl groups excluding tert-OH is 2. The second-order valence-corrected chi connectivity index (χ2v) is 15.1. The van der Waals surface area contributed by atoms with Gasteiger partial charge in [-0.05, 0) is 34.4 Å². The molecular formula is C50H48N4O2. The predicted octanol–water partition coefficient (Wildman–Crippen LogP) is 9.30. The van der Waals surface area contributed by atoms with Crippen molar-refractivity contribution in [2.75, 3.05) is 39.3 Å². The number of aliphatic hydroxyl groups is 2. The van der Waals surface area contributed by atoms with Crippen LogP contribution in [0.4, 0.5) is 0 Å². The van der Waals surface area contributed by atoms with Crippen molar-refractivity contribution in [1.82, 2.24) is 18.9 Å². The van der Waals surface area contributed by atoms with Crippen molar-refractivity contribution in [2.45, 2.75) is 25.3 Å². The molecule has 9 rings (SSSR count). The number of hydrogen-bond acceptors (Lipinski definition) is 4. The number of hydrogen-bond donors (Lipinski definition) is 2. The molecule has 2 atom stereocenters. The van der Waals surface area contributed by atoms with Crippen LogP contribution in [-0.4, -0.2) is 80.6 Å². The van der Waals surface area contributed by atoms with Crippen molar-refractivity contribution in [3.8, 4) is 44.8 Å². The quantitative estimate of drug-likeness (QED) is 0.131. The number of benzene rings is 6. The van der Waals surface area contributed by atoms with Gasteiger partial charge in [0.1, 0.15) is 0 Å². The van der Waals surface area contributed by atoms with Gasteiger partial charge >= 0.3 is 0 Å². The topological polar surface area (TPSA) is 56.8 Å². The lowest BCUT2D eigenvalue weighted by Gasteiger charge is -2.36. The van der Waals surface area contributed by atoms with E-state index >= 15 is 0 Å². The second kappa shape index (κ2) is 16.1. The molecule has 6 heteroatoms. The van der Waals surface area contributed by atoms with Crippen molar-refractivity contribution >= 4 is 21.8 Å². The highest BCUT2D eigenvalue weighted by molar-refractivity contribution is 6.05. The van der Waals surface area contributed by atoms with Crippen LogP contribution in [-0.2, 0) is 13.1 Å². The smallest absolute Gasteiger partial charge is 0.0845 e. The monoisotopic (exact) mass is 736 g/mol. The van der Waals surface area contributed by atoms with Gasteiger partial charge < -0.3 is 19.3 Å².